The van der Waals surface area contributed by atoms with E-state index in [9.17, 15) is 19.8 Å². The van der Waals surface area contributed by atoms with E-state index in [0.29, 0.717) is 26.2 Å². The van der Waals surface area contributed by atoms with Crippen LogP contribution in [0.3, 0.4) is 0 Å². The van der Waals surface area contributed by atoms with Gasteiger partial charge in [-0.15, -0.1) is 11.6 Å². The van der Waals surface area contributed by atoms with Crippen molar-refractivity contribution < 1.29 is 24.5 Å². The number of amides is 2. The van der Waals surface area contributed by atoms with Crippen LogP contribution in [-0.4, -0.2) is 70.7 Å². The van der Waals surface area contributed by atoms with Crippen molar-refractivity contribution in [2.75, 3.05) is 38.7 Å². The molecule has 0 aliphatic carbocycles. The van der Waals surface area contributed by atoms with Gasteiger partial charge in [0.2, 0.25) is 0 Å². The number of phenols is 2. The molecular weight excluding hydrogens is 312 g/mol. The number of phenolic OH excluding ortho intramolecular Hbond substituents is 2. The molecule has 120 valence electrons. The van der Waals surface area contributed by atoms with Gasteiger partial charge in [0.1, 0.15) is 18.1 Å². The number of hydrogen-bond acceptors (Lipinski definition) is 5. The summed E-state index contributed by atoms with van der Waals surface area (Å²) in [7, 11) is 0. The molecule has 0 aromatic heterocycles. The van der Waals surface area contributed by atoms with Crippen LogP contribution in [0.2, 0.25) is 0 Å². The Balaban J connectivity index is 1.93. The Hall–Kier alpha value is -2.15. The minimum atomic E-state index is -0.442. The van der Waals surface area contributed by atoms with Gasteiger partial charge in [0.05, 0.1) is 5.88 Å². The third kappa shape index (κ3) is 3.94. The first-order valence-electron chi connectivity index (χ1n) is 6.81. The molecule has 1 heterocycles. The Morgan fingerprint density at radius 2 is 1.59 bits per heavy atom. The van der Waals surface area contributed by atoms with Crippen molar-refractivity contribution >= 4 is 23.6 Å². The molecule has 1 saturated heterocycles. The van der Waals surface area contributed by atoms with E-state index < -0.39 is 6.09 Å². The number of nitrogens with zero attached hydrogens (tertiary/aromatic N) is 2. The van der Waals surface area contributed by atoms with E-state index in [0.717, 1.165) is 6.07 Å². The highest BCUT2D eigenvalue weighted by Crippen LogP contribution is 2.22. The van der Waals surface area contributed by atoms with Crippen LogP contribution < -0.4 is 0 Å². The van der Waals surface area contributed by atoms with Gasteiger partial charge in [-0.05, 0) is 12.1 Å². The first kappa shape index (κ1) is 16.2. The summed E-state index contributed by atoms with van der Waals surface area (Å²) in [6.45, 7) is 1.58. The molecule has 1 aromatic carbocycles. The van der Waals surface area contributed by atoms with Gasteiger partial charge in [-0.2, -0.15) is 0 Å². The average molecular weight is 329 g/mol. The fraction of sp³-hybridized carbons (Fsp3) is 0.429. The molecular formula is C14H17ClN2O5. The number of carbonyl (C=O) groups excluding carboxylic acids is 2. The summed E-state index contributed by atoms with van der Waals surface area (Å²) in [6, 6.07) is 3.74. The van der Waals surface area contributed by atoms with Crippen molar-refractivity contribution in [3.8, 4) is 11.5 Å². The van der Waals surface area contributed by atoms with Gasteiger partial charge in [0, 0.05) is 37.8 Å². The highest BCUT2D eigenvalue weighted by Gasteiger charge is 2.26. The van der Waals surface area contributed by atoms with Gasteiger partial charge in [0.15, 0.2) is 0 Å². The average Bonchev–Trinajstić information content (AvgIpc) is 2.51. The molecule has 22 heavy (non-hydrogen) atoms. The minimum Gasteiger partial charge on any atom is -0.508 e. The summed E-state index contributed by atoms with van der Waals surface area (Å²) in [5, 5.41) is 18.9. The van der Waals surface area contributed by atoms with Crippen LogP contribution in [0, 0.1) is 0 Å². The lowest BCUT2D eigenvalue weighted by Crippen LogP contribution is -2.50. The lowest BCUT2D eigenvalue weighted by molar-refractivity contribution is 0.0571. The highest BCUT2D eigenvalue weighted by molar-refractivity contribution is 6.18. The normalized spacial score (nSPS) is 14.8. The minimum absolute atomic E-state index is 0.155. The topological polar surface area (TPSA) is 90.3 Å². The SMILES string of the molecule is O=C(OCCCl)N1CCN(C(=O)c2cc(O)cc(O)c2)CC1. The molecule has 1 fully saturated rings. The Labute approximate surface area is 132 Å². The predicted molar refractivity (Wildman–Crippen MR) is 79.3 cm³/mol. The lowest BCUT2D eigenvalue weighted by Gasteiger charge is -2.34. The maximum atomic E-state index is 12.3. The highest BCUT2D eigenvalue weighted by atomic mass is 35.5. The van der Waals surface area contributed by atoms with Crippen molar-refractivity contribution in [2.24, 2.45) is 0 Å². The Kier molecular flexibility index (Phi) is 5.32. The molecule has 0 saturated carbocycles. The van der Waals surface area contributed by atoms with Gasteiger partial charge in [-0.3, -0.25) is 4.79 Å². The van der Waals surface area contributed by atoms with Gasteiger partial charge in [0.25, 0.3) is 5.91 Å². The number of halogens is 1. The zero-order chi connectivity index (χ0) is 16.1. The molecule has 1 aliphatic heterocycles. The number of benzene rings is 1. The third-order valence-corrected chi connectivity index (χ3v) is 3.43. The zero-order valence-electron chi connectivity index (χ0n) is 11.9. The lowest BCUT2D eigenvalue weighted by atomic mass is 10.1. The van der Waals surface area contributed by atoms with Crippen molar-refractivity contribution in [1.29, 1.82) is 0 Å². The number of carbonyl (C=O) groups is 2. The van der Waals surface area contributed by atoms with E-state index in [1.807, 2.05) is 0 Å². The zero-order valence-corrected chi connectivity index (χ0v) is 12.6. The molecule has 8 heteroatoms. The van der Waals surface area contributed by atoms with Crippen LogP contribution in [0.15, 0.2) is 18.2 Å². The molecule has 0 unspecified atom stereocenters. The Bertz CT molecular complexity index is 538. The summed E-state index contributed by atoms with van der Waals surface area (Å²) in [4.78, 5) is 27.0. The van der Waals surface area contributed by atoms with Gasteiger partial charge in [-0.25, -0.2) is 4.79 Å². The maximum absolute atomic E-state index is 12.3. The third-order valence-electron chi connectivity index (χ3n) is 3.28. The van der Waals surface area contributed by atoms with Crippen molar-refractivity contribution in [3.63, 3.8) is 0 Å². The van der Waals surface area contributed by atoms with Crippen LogP contribution in [0.25, 0.3) is 0 Å². The molecule has 0 spiro atoms. The Morgan fingerprint density at radius 3 is 2.14 bits per heavy atom. The van der Waals surface area contributed by atoms with Gasteiger partial charge >= 0.3 is 6.09 Å². The van der Waals surface area contributed by atoms with E-state index >= 15 is 0 Å². The van der Waals surface area contributed by atoms with Crippen LogP contribution in [0.4, 0.5) is 4.79 Å². The van der Waals surface area contributed by atoms with Gasteiger partial charge < -0.3 is 24.7 Å². The largest absolute Gasteiger partial charge is 0.508 e. The summed E-state index contributed by atoms with van der Waals surface area (Å²) in [5.74, 6) is -0.413. The van der Waals surface area contributed by atoms with E-state index in [-0.39, 0.29) is 35.5 Å². The number of ether oxygens (including phenoxy) is 1. The molecule has 2 rings (SSSR count). The first-order chi connectivity index (χ1) is 10.5. The fourth-order valence-electron chi connectivity index (χ4n) is 2.21. The van der Waals surface area contributed by atoms with E-state index in [1.54, 1.807) is 4.90 Å². The Morgan fingerprint density at radius 1 is 1.05 bits per heavy atom. The predicted octanol–water partition coefficient (Wildman–Crippen LogP) is 1.23. The van der Waals surface area contributed by atoms with Crippen LogP contribution in [0.1, 0.15) is 10.4 Å². The summed E-state index contributed by atoms with van der Waals surface area (Å²) in [6.07, 6.45) is -0.442. The molecule has 1 aromatic rings. The van der Waals surface area contributed by atoms with E-state index in [2.05, 4.69) is 0 Å². The molecule has 2 amide bonds. The molecule has 0 bridgehead atoms. The molecule has 1 aliphatic rings. The second-order valence-corrected chi connectivity index (χ2v) is 5.20. The fourth-order valence-corrected chi connectivity index (χ4v) is 2.29. The monoisotopic (exact) mass is 328 g/mol. The van der Waals surface area contributed by atoms with E-state index in [1.165, 1.54) is 17.0 Å². The number of aromatic hydroxyl groups is 2. The summed E-state index contributed by atoms with van der Waals surface area (Å²) in [5.41, 5.74) is 0.204. The number of rotatable bonds is 3. The van der Waals surface area contributed by atoms with Crippen molar-refractivity contribution in [2.45, 2.75) is 0 Å². The quantitative estimate of drug-likeness (QED) is 0.814. The van der Waals surface area contributed by atoms with Crippen molar-refractivity contribution in [1.82, 2.24) is 9.80 Å². The number of piperazine rings is 1. The number of alkyl halides is 1. The van der Waals surface area contributed by atoms with Crippen molar-refractivity contribution in [3.05, 3.63) is 23.8 Å². The first-order valence-corrected chi connectivity index (χ1v) is 7.34. The number of hydrogen-bond donors (Lipinski definition) is 2. The standard InChI is InChI=1S/C14H17ClN2O5/c15-1-6-22-14(21)17-4-2-16(3-5-17)13(20)10-7-11(18)9-12(19)8-10/h7-9,18-19H,1-6H2. The van der Waals surface area contributed by atoms with Crippen LogP contribution >= 0.6 is 11.6 Å². The second-order valence-electron chi connectivity index (χ2n) is 4.82. The second kappa shape index (κ2) is 7.22. The van der Waals surface area contributed by atoms with Crippen LogP contribution in [0.5, 0.6) is 11.5 Å². The summed E-state index contributed by atoms with van der Waals surface area (Å²) < 4.78 is 4.93. The molecule has 0 atom stereocenters. The molecule has 2 N–H and O–H groups in total. The molecule has 7 nitrogen and oxygen atoms in total. The maximum Gasteiger partial charge on any atom is 0.409 e. The summed E-state index contributed by atoms with van der Waals surface area (Å²) >= 11 is 5.45. The smallest absolute Gasteiger partial charge is 0.409 e. The van der Waals surface area contributed by atoms with Crippen LogP contribution in [-0.2, 0) is 4.74 Å². The van der Waals surface area contributed by atoms with E-state index in [4.69, 9.17) is 16.3 Å². The van der Waals surface area contributed by atoms with Gasteiger partial charge in [-0.1, -0.05) is 0 Å². The molecule has 0 radical (unpaired) electrons.